The van der Waals surface area contributed by atoms with Gasteiger partial charge in [-0.25, -0.2) is 15.4 Å². The third kappa shape index (κ3) is 14.3. The van der Waals surface area contributed by atoms with Crippen LogP contribution < -0.4 is 15.8 Å². The molecule has 0 bridgehead atoms. The molecule has 228 valence electrons. The molecule has 0 amide bonds. The Balaban J connectivity index is -0.000000238. The van der Waals surface area contributed by atoms with Crippen molar-refractivity contribution >= 4 is 5.95 Å². The van der Waals surface area contributed by atoms with E-state index >= 15 is 0 Å². The van der Waals surface area contributed by atoms with Gasteiger partial charge in [-0.05, 0) is 48.5 Å². The van der Waals surface area contributed by atoms with Crippen molar-refractivity contribution in [3.05, 3.63) is 103 Å². The summed E-state index contributed by atoms with van der Waals surface area (Å²) in [6, 6.07) is 23.2. The molecule has 0 aliphatic heterocycles. The second-order valence-electron chi connectivity index (χ2n) is 6.38. The van der Waals surface area contributed by atoms with Crippen LogP contribution in [0.25, 0.3) is 22.8 Å². The van der Waals surface area contributed by atoms with Gasteiger partial charge in [0, 0.05) is 24.8 Å². The number of nitrogens with one attached hydrogen (secondary N) is 1. The monoisotopic (exact) mass is 629 g/mol. The summed E-state index contributed by atoms with van der Waals surface area (Å²) in [4.78, 5) is 20.5. The molecule has 0 radical (unpaired) electrons. The molecule has 6 aromatic heterocycles. The molecule has 0 saturated carbocycles. The standard InChI is InChI=1S/2C10H8N2.C2HN9.Ni.6H2O/c2*1-3-7-11-9(5-1)10-6-2-4-8-12-10;3(1-4-8-9-5-1)2-6-10-11-7-2;;;;;;;/h2*1-8H;(H-2,3,4,5,6,7,8,9,10,11);;6*1H2/q;;-2;+2;;;;;;. The molecule has 0 saturated heterocycles. The largest absolute Gasteiger partial charge is 2.00 e. The molecule has 0 aliphatic carbocycles. The summed E-state index contributed by atoms with van der Waals surface area (Å²) in [6.07, 6.45) is 7.07. The summed E-state index contributed by atoms with van der Waals surface area (Å²) >= 11 is 0. The molecule has 6 heterocycles. The fourth-order valence-electron chi connectivity index (χ4n) is 2.54. The maximum absolute atomic E-state index is 4.19. The Morgan fingerprint density at radius 2 is 0.929 bits per heavy atom. The number of H-pyrrole nitrogens is 1. The van der Waals surface area contributed by atoms with Crippen molar-refractivity contribution in [2.45, 2.75) is 0 Å². The summed E-state index contributed by atoms with van der Waals surface area (Å²) in [6.45, 7) is 0. The van der Waals surface area contributed by atoms with E-state index in [9.17, 15) is 0 Å². The van der Waals surface area contributed by atoms with E-state index in [4.69, 9.17) is 0 Å². The third-order valence-electron chi connectivity index (χ3n) is 4.03. The van der Waals surface area contributed by atoms with E-state index in [2.05, 4.69) is 66.2 Å². The van der Waals surface area contributed by atoms with Crippen LogP contribution in [0.15, 0.2) is 103 Å². The van der Waals surface area contributed by atoms with Crippen LogP contribution in [0.5, 0.6) is 0 Å². The predicted molar refractivity (Wildman–Crippen MR) is 145 cm³/mol. The van der Waals surface area contributed by atoms with Gasteiger partial charge >= 0.3 is 16.5 Å². The quantitative estimate of drug-likeness (QED) is 0.187. The number of pyridine rings is 4. The van der Waals surface area contributed by atoms with Crippen LogP contribution in [-0.4, -0.2) is 83.8 Å². The van der Waals surface area contributed by atoms with Crippen LogP contribution in [0.2, 0.25) is 0 Å². The summed E-state index contributed by atoms with van der Waals surface area (Å²) in [5.74, 6) is 0.128. The van der Waals surface area contributed by atoms with Crippen LogP contribution in [0.4, 0.5) is 5.95 Å². The first-order chi connectivity index (χ1) is 17.4. The normalized spacial score (nSPS) is 8.71. The Kier molecular flexibility index (Phi) is 25.9. The molecule has 0 fully saturated rings. The Morgan fingerprint density at radius 1 is 0.524 bits per heavy atom. The molecule has 19 nitrogen and oxygen atoms in total. The molecule has 20 heteroatoms. The van der Waals surface area contributed by atoms with Gasteiger partial charge in [0.05, 0.1) is 28.4 Å². The summed E-state index contributed by atoms with van der Waals surface area (Å²) in [5.41, 5.74) is 3.88. The second kappa shape index (κ2) is 24.8. The van der Waals surface area contributed by atoms with E-state index in [1.807, 2.05) is 72.8 Å². The summed E-state index contributed by atoms with van der Waals surface area (Å²) in [5, 5.41) is 25.8. The fourth-order valence-corrected chi connectivity index (χ4v) is 2.54. The average Bonchev–Trinajstić information content (AvgIpc) is 3.67. The van der Waals surface area contributed by atoms with Crippen LogP contribution in [0, 0.1) is 0 Å². The molecule has 0 aliphatic rings. The number of aromatic amines is 1. The van der Waals surface area contributed by atoms with Crippen molar-refractivity contribution in [3.63, 3.8) is 0 Å². The molecule has 13 N–H and O–H groups in total. The van der Waals surface area contributed by atoms with E-state index in [0.29, 0.717) is 0 Å². The van der Waals surface area contributed by atoms with Gasteiger partial charge in [-0.15, -0.1) is 10.4 Å². The first-order valence-electron chi connectivity index (χ1n) is 10.2. The van der Waals surface area contributed by atoms with Gasteiger partial charge in [0.25, 0.3) is 0 Å². The average molecular weight is 630 g/mol. The molecular weight excluding hydrogens is 601 g/mol. The van der Waals surface area contributed by atoms with E-state index in [0.717, 1.165) is 22.8 Å². The first-order valence-corrected chi connectivity index (χ1v) is 10.2. The van der Waals surface area contributed by atoms with Crippen molar-refractivity contribution in [1.29, 1.82) is 0 Å². The van der Waals surface area contributed by atoms with Crippen LogP contribution in [0.3, 0.4) is 0 Å². The topological polar surface area (TPSA) is 361 Å². The predicted octanol–water partition coefficient (Wildman–Crippen LogP) is -3.53. The SMILES string of the molecule is N(/c1nnn[n-]1)=c1/[n-]nn[nH]1.O.O.O.O.O.O.[Ni+2].c1ccc(-c2ccccn2)nc1.c1ccc(-c2ccccn2)nc1. The Bertz CT molecular complexity index is 1280. The Hall–Kier alpha value is -5.21. The number of rotatable bonds is 3. The summed E-state index contributed by atoms with van der Waals surface area (Å²) < 4.78 is 0. The van der Waals surface area contributed by atoms with Crippen molar-refractivity contribution in [2.24, 2.45) is 4.99 Å². The third-order valence-corrected chi connectivity index (χ3v) is 4.03. The fraction of sp³-hybridized carbons (Fsp3) is 0. The number of tetrazole rings is 2. The van der Waals surface area contributed by atoms with Gasteiger partial charge in [0.2, 0.25) is 0 Å². The van der Waals surface area contributed by atoms with E-state index < -0.39 is 0 Å². The number of hydrogen-bond acceptors (Lipinski definition) is 10. The molecule has 0 atom stereocenters. The minimum atomic E-state index is 0. The Labute approximate surface area is 247 Å². The number of hydrogen-bond donors (Lipinski definition) is 1. The van der Waals surface area contributed by atoms with Gasteiger partial charge in [0.1, 0.15) is 5.95 Å². The van der Waals surface area contributed by atoms with Crippen LogP contribution >= 0.6 is 0 Å². The smallest absolute Gasteiger partial charge is 0.412 e. The number of aromatic nitrogens is 12. The molecule has 42 heavy (non-hydrogen) atoms. The molecule has 0 aromatic carbocycles. The molecular formula is C22H29N13NiO6. The maximum atomic E-state index is 4.19. The molecule has 0 unspecified atom stereocenters. The van der Waals surface area contributed by atoms with Crippen LogP contribution in [0.1, 0.15) is 0 Å². The van der Waals surface area contributed by atoms with E-state index in [1.54, 1.807) is 24.8 Å². The van der Waals surface area contributed by atoms with E-state index in [1.165, 1.54) is 0 Å². The molecule has 6 rings (SSSR count). The van der Waals surface area contributed by atoms with Crippen molar-refractivity contribution in [1.82, 2.24) is 61.2 Å². The Morgan fingerprint density at radius 3 is 1.19 bits per heavy atom. The zero-order valence-corrected chi connectivity index (χ0v) is 22.4. The maximum Gasteiger partial charge on any atom is 2.00 e. The zero-order chi connectivity index (χ0) is 24.0. The van der Waals surface area contributed by atoms with Crippen LogP contribution in [-0.2, 0) is 16.5 Å². The van der Waals surface area contributed by atoms with Crippen molar-refractivity contribution in [3.8, 4) is 22.8 Å². The van der Waals surface area contributed by atoms with Crippen molar-refractivity contribution in [2.75, 3.05) is 0 Å². The number of nitrogens with zero attached hydrogens (tertiary/aromatic N) is 12. The van der Waals surface area contributed by atoms with Gasteiger partial charge in [-0.3, -0.25) is 25.0 Å². The zero-order valence-electron chi connectivity index (χ0n) is 21.4. The van der Waals surface area contributed by atoms with Crippen molar-refractivity contribution < 1.29 is 49.3 Å². The van der Waals surface area contributed by atoms with Gasteiger partial charge in [-0.1, -0.05) is 24.3 Å². The first kappa shape index (κ1) is 43.8. The summed E-state index contributed by atoms with van der Waals surface area (Å²) in [7, 11) is 0. The molecule has 0 spiro atoms. The van der Waals surface area contributed by atoms with E-state index in [-0.39, 0.29) is 60.9 Å². The molecule has 6 aromatic rings. The minimum absolute atomic E-state index is 0. The second-order valence-corrected chi connectivity index (χ2v) is 6.38. The minimum Gasteiger partial charge on any atom is -0.412 e. The van der Waals surface area contributed by atoms with Gasteiger partial charge in [-0.2, -0.15) is 5.21 Å². The van der Waals surface area contributed by atoms with Gasteiger partial charge in [0.15, 0.2) is 0 Å². The van der Waals surface area contributed by atoms with Gasteiger partial charge < -0.3 is 42.9 Å².